The maximum absolute atomic E-state index is 5.92. The number of nitrogens with one attached hydrogen (secondary N) is 1. The molecule has 4 rings (SSSR count). The van der Waals surface area contributed by atoms with Crippen LogP contribution in [0.1, 0.15) is 33.6 Å². The number of ether oxygens (including phenoxy) is 2. The number of fused-ring (bicyclic) bond motifs is 1. The number of hydrogen-bond donors (Lipinski definition) is 1. The average molecular weight is 383 g/mol. The highest BCUT2D eigenvalue weighted by Crippen LogP contribution is 2.35. The zero-order chi connectivity index (χ0) is 19.7. The van der Waals surface area contributed by atoms with Gasteiger partial charge in [0.15, 0.2) is 6.10 Å². The largest absolute Gasteiger partial charge is 0.497 e. The molecule has 1 fully saturated rings. The Kier molecular flexibility index (Phi) is 5.79. The van der Waals surface area contributed by atoms with Crippen molar-refractivity contribution in [1.29, 1.82) is 0 Å². The second-order valence-electron chi connectivity index (χ2n) is 8.70. The predicted octanol–water partition coefficient (Wildman–Crippen LogP) is 3.95. The highest BCUT2D eigenvalue weighted by atomic mass is 16.5. The fraction of sp³-hybridized carbons (Fsp3) is 0.583. The van der Waals surface area contributed by atoms with Gasteiger partial charge in [-0.2, -0.15) is 0 Å². The van der Waals surface area contributed by atoms with Gasteiger partial charge in [0.05, 0.1) is 12.9 Å². The molecule has 4 nitrogen and oxygen atoms in total. The molecular weight excluding hydrogens is 348 g/mol. The lowest BCUT2D eigenvalue weighted by Gasteiger charge is -2.37. The van der Waals surface area contributed by atoms with E-state index in [1.165, 1.54) is 24.0 Å². The molecule has 1 N–H and O–H groups in total. The summed E-state index contributed by atoms with van der Waals surface area (Å²) >= 11 is 0. The third-order valence-electron chi connectivity index (χ3n) is 6.33. The monoisotopic (exact) mass is 382 g/mol. The molecule has 0 bridgehead atoms. The number of rotatable bonds is 5. The summed E-state index contributed by atoms with van der Waals surface area (Å²) in [6.07, 6.45) is 13.9. The van der Waals surface area contributed by atoms with Gasteiger partial charge in [-0.25, -0.2) is 0 Å². The molecule has 4 aliphatic rings. The van der Waals surface area contributed by atoms with Crippen molar-refractivity contribution in [1.82, 2.24) is 10.2 Å². The Morgan fingerprint density at radius 1 is 1.32 bits per heavy atom. The van der Waals surface area contributed by atoms with E-state index >= 15 is 0 Å². The highest BCUT2D eigenvalue weighted by Gasteiger charge is 2.34. The molecule has 4 heteroatoms. The van der Waals surface area contributed by atoms with Crippen molar-refractivity contribution < 1.29 is 9.47 Å². The van der Waals surface area contributed by atoms with Crippen LogP contribution in [0.4, 0.5) is 0 Å². The smallest absolute Gasteiger partial charge is 0.165 e. The Hall–Kier alpha value is -1.78. The van der Waals surface area contributed by atoms with Gasteiger partial charge in [0.25, 0.3) is 0 Å². The minimum Gasteiger partial charge on any atom is -0.497 e. The molecule has 0 aromatic rings. The summed E-state index contributed by atoms with van der Waals surface area (Å²) in [5.41, 5.74) is 4.50. The summed E-state index contributed by atoms with van der Waals surface area (Å²) in [7, 11) is 1.75. The SMILES string of the molecule is COC1=CC(CN2CCN[C@H](C3=C(C(C)C)CCC=C3)C2)=CC2C=C(C)OC12. The lowest BCUT2D eigenvalue weighted by atomic mass is 9.85. The van der Waals surface area contributed by atoms with Gasteiger partial charge in [-0.05, 0) is 49.0 Å². The minimum atomic E-state index is 0.0238. The molecule has 3 atom stereocenters. The average Bonchev–Trinajstić information content (AvgIpc) is 3.07. The van der Waals surface area contributed by atoms with Crippen LogP contribution in [0.2, 0.25) is 0 Å². The Labute approximate surface area is 169 Å². The summed E-state index contributed by atoms with van der Waals surface area (Å²) in [4.78, 5) is 2.58. The summed E-state index contributed by atoms with van der Waals surface area (Å²) < 4.78 is 11.6. The molecule has 28 heavy (non-hydrogen) atoms. The highest BCUT2D eigenvalue weighted by molar-refractivity contribution is 5.37. The van der Waals surface area contributed by atoms with Gasteiger partial charge in [-0.1, -0.05) is 37.6 Å². The molecule has 1 saturated heterocycles. The molecule has 2 heterocycles. The molecule has 0 aromatic heterocycles. The van der Waals surface area contributed by atoms with E-state index in [4.69, 9.17) is 9.47 Å². The van der Waals surface area contributed by atoms with E-state index < -0.39 is 0 Å². The van der Waals surface area contributed by atoms with Crippen LogP contribution >= 0.6 is 0 Å². The summed E-state index contributed by atoms with van der Waals surface area (Å²) in [5.74, 6) is 2.86. The zero-order valence-corrected chi connectivity index (χ0v) is 17.7. The van der Waals surface area contributed by atoms with E-state index in [0.717, 1.165) is 37.7 Å². The second-order valence-corrected chi connectivity index (χ2v) is 8.70. The summed E-state index contributed by atoms with van der Waals surface area (Å²) in [5, 5.41) is 3.76. The van der Waals surface area contributed by atoms with Crippen molar-refractivity contribution in [2.24, 2.45) is 11.8 Å². The van der Waals surface area contributed by atoms with E-state index in [0.29, 0.717) is 17.9 Å². The van der Waals surface area contributed by atoms with Crippen LogP contribution in [-0.4, -0.2) is 50.3 Å². The molecule has 0 radical (unpaired) electrons. The van der Waals surface area contributed by atoms with Crippen LogP contribution in [0.5, 0.6) is 0 Å². The van der Waals surface area contributed by atoms with Crippen LogP contribution < -0.4 is 5.32 Å². The van der Waals surface area contributed by atoms with Gasteiger partial charge in [0.2, 0.25) is 0 Å². The molecule has 2 aliphatic heterocycles. The third kappa shape index (κ3) is 3.99. The first-order valence-electron chi connectivity index (χ1n) is 10.7. The fourth-order valence-electron chi connectivity index (χ4n) is 4.98. The quantitative estimate of drug-likeness (QED) is 0.781. The number of hydrogen-bond acceptors (Lipinski definition) is 4. The van der Waals surface area contributed by atoms with Crippen molar-refractivity contribution in [3.8, 4) is 0 Å². The van der Waals surface area contributed by atoms with Crippen LogP contribution in [0.25, 0.3) is 0 Å². The zero-order valence-electron chi connectivity index (χ0n) is 17.7. The van der Waals surface area contributed by atoms with Gasteiger partial charge in [0.1, 0.15) is 5.76 Å². The maximum atomic E-state index is 5.92. The van der Waals surface area contributed by atoms with E-state index in [1.54, 1.807) is 12.7 Å². The number of piperazine rings is 1. The van der Waals surface area contributed by atoms with Gasteiger partial charge >= 0.3 is 0 Å². The van der Waals surface area contributed by atoms with Crippen molar-refractivity contribution >= 4 is 0 Å². The molecule has 152 valence electrons. The van der Waals surface area contributed by atoms with Crippen molar-refractivity contribution in [3.63, 3.8) is 0 Å². The Bertz CT molecular complexity index is 757. The van der Waals surface area contributed by atoms with Gasteiger partial charge in [0, 0.05) is 38.1 Å². The summed E-state index contributed by atoms with van der Waals surface area (Å²) in [6, 6.07) is 0.433. The first-order chi connectivity index (χ1) is 13.5. The van der Waals surface area contributed by atoms with Gasteiger partial charge in [-0.3, -0.25) is 4.90 Å². The topological polar surface area (TPSA) is 33.7 Å². The van der Waals surface area contributed by atoms with E-state index in [-0.39, 0.29) is 6.10 Å². The number of allylic oxidation sites excluding steroid dienone is 3. The lowest BCUT2D eigenvalue weighted by Crippen LogP contribution is -2.52. The first-order valence-corrected chi connectivity index (χ1v) is 10.7. The molecule has 0 aromatic carbocycles. The van der Waals surface area contributed by atoms with Crippen LogP contribution in [0.15, 0.2) is 58.6 Å². The number of nitrogens with zero attached hydrogens (tertiary/aromatic N) is 1. The first kappa shape index (κ1) is 19.5. The van der Waals surface area contributed by atoms with E-state index in [2.05, 4.69) is 54.4 Å². The van der Waals surface area contributed by atoms with Crippen LogP contribution in [0, 0.1) is 11.8 Å². The standard InChI is InChI=1S/C24H34N2O2/c1-16(2)20-7-5-6-8-21(20)22-15-26(10-9-25-22)14-18-12-19-11-17(3)28-24(19)23(13-18)27-4/h6,8,11-13,16,19,22,24-25H,5,7,9-10,14-15H2,1-4H3/t19?,22-,24?/m0/s1. The summed E-state index contributed by atoms with van der Waals surface area (Å²) in [6.45, 7) is 10.8. The van der Waals surface area contributed by atoms with Gasteiger partial charge in [-0.15, -0.1) is 0 Å². The van der Waals surface area contributed by atoms with E-state index in [1.807, 2.05) is 6.92 Å². The molecular formula is C24H34N2O2. The normalized spacial score (nSPS) is 30.6. The van der Waals surface area contributed by atoms with Crippen molar-refractivity contribution in [2.45, 2.75) is 45.8 Å². The third-order valence-corrected chi connectivity index (χ3v) is 6.33. The Morgan fingerprint density at radius 3 is 2.96 bits per heavy atom. The Morgan fingerprint density at radius 2 is 2.18 bits per heavy atom. The molecule has 0 amide bonds. The predicted molar refractivity (Wildman–Crippen MR) is 114 cm³/mol. The van der Waals surface area contributed by atoms with E-state index in [9.17, 15) is 0 Å². The second kappa shape index (κ2) is 8.30. The van der Waals surface area contributed by atoms with Crippen molar-refractivity contribution in [3.05, 3.63) is 58.6 Å². The fourth-order valence-corrected chi connectivity index (χ4v) is 4.98. The Balaban J connectivity index is 1.48. The number of methoxy groups -OCH3 is 1. The molecule has 2 aliphatic carbocycles. The molecule has 0 spiro atoms. The lowest BCUT2D eigenvalue weighted by molar-refractivity contribution is 0.0930. The molecule has 0 saturated carbocycles. The maximum Gasteiger partial charge on any atom is 0.165 e. The van der Waals surface area contributed by atoms with Crippen LogP contribution in [0.3, 0.4) is 0 Å². The minimum absolute atomic E-state index is 0.0238. The van der Waals surface area contributed by atoms with Crippen molar-refractivity contribution in [2.75, 3.05) is 33.3 Å². The molecule has 2 unspecified atom stereocenters. The van der Waals surface area contributed by atoms with Crippen LogP contribution in [-0.2, 0) is 9.47 Å². The van der Waals surface area contributed by atoms with Gasteiger partial charge < -0.3 is 14.8 Å².